The summed E-state index contributed by atoms with van der Waals surface area (Å²) in [6.07, 6.45) is 6.80. The summed E-state index contributed by atoms with van der Waals surface area (Å²) in [5.41, 5.74) is 2.64. The van der Waals surface area contributed by atoms with Gasteiger partial charge in [-0.3, -0.25) is 14.9 Å². The maximum atomic E-state index is 13.5. The van der Waals surface area contributed by atoms with E-state index in [4.69, 9.17) is 9.47 Å². The van der Waals surface area contributed by atoms with Crippen molar-refractivity contribution in [2.24, 2.45) is 5.92 Å². The van der Waals surface area contributed by atoms with Gasteiger partial charge in [-0.1, -0.05) is 24.3 Å². The molecule has 44 heavy (non-hydrogen) atoms. The van der Waals surface area contributed by atoms with E-state index in [-0.39, 0.29) is 18.1 Å². The van der Waals surface area contributed by atoms with Crippen LogP contribution in [-0.4, -0.2) is 55.0 Å². The van der Waals surface area contributed by atoms with Crippen LogP contribution in [0.2, 0.25) is 0 Å². The molecule has 4 atom stereocenters. The van der Waals surface area contributed by atoms with E-state index < -0.39 is 29.8 Å². The number of aromatic hydroxyl groups is 1. The number of anilines is 1. The second-order valence-electron chi connectivity index (χ2n) is 11.1. The number of rotatable bonds is 8. The molecular weight excluding hydrogens is 560 g/mol. The van der Waals surface area contributed by atoms with Crippen molar-refractivity contribution >= 4 is 11.7 Å². The number of benzene rings is 2. The summed E-state index contributed by atoms with van der Waals surface area (Å²) in [5.74, 6) is -0.558. The number of hydrogen-bond acceptors (Lipinski definition) is 10. The lowest BCUT2D eigenvalue weighted by atomic mass is 9.70. The number of hydrogen-bond donors (Lipinski definition) is 4. The third-order valence-corrected chi connectivity index (χ3v) is 8.14. The first kappa shape index (κ1) is 27.6. The molecule has 4 aromatic rings. The van der Waals surface area contributed by atoms with Gasteiger partial charge in [-0.15, -0.1) is 0 Å². The van der Waals surface area contributed by atoms with Crippen LogP contribution in [0, 0.1) is 5.92 Å². The van der Waals surface area contributed by atoms with Crippen molar-refractivity contribution in [2.75, 3.05) is 11.9 Å². The van der Waals surface area contributed by atoms with Gasteiger partial charge in [-0.25, -0.2) is 4.79 Å². The summed E-state index contributed by atoms with van der Waals surface area (Å²) >= 11 is 0. The smallest absolute Gasteiger partial charge is 0.339 e. The molecule has 0 radical (unpaired) electrons. The third kappa shape index (κ3) is 5.04. The highest BCUT2D eigenvalue weighted by molar-refractivity contribution is 5.97. The Labute approximate surface area is 253 Å². The number of carbonyl (C=O) groups is 1. The standard InChI is InChI=1S/C34H30N4O6/c39-24-8-11-28-30(16-24)43-31-17-25(40)9-12-29(31)34(28)27-10-7-21(15-26(27)33(42)44-34)37-32(41)20-38(18-22-5-1-3-13-35-22)19-23-6-2-4-14-36-23/h1-17,28,30,32,37,39-41H,18-20H2. The predicted octanol–water partition coefficient (Wildman–Crippen LogP) is 4.42. The highest BCUT2D eigenvalue weighted by atomic mass is 16.6. The number of phenols is 1. The molecule has 0 fully saturated rings. The zero-order chi connectivity index (χ0) is 30.3. The number of phenolic OH excluding ortho intramolecular Hbond substituents is 1. The number of esters is 1. The molecule has 3 aliphatic rings. The molecule has 0 bridgehead atoms. The monoisotopic (exact) mass is 590 g/mol. The number of aromatic nitrogens is 2. The molecule has 2 aromatic heterocycles. The van der Waals surface area contributed by atoms with Gasteiger partial charge in [0.25, 0.3) is 0 Å². The fourth-order valence-corrected chi connectivity index (χ4v) is 6.29. The fraction of sp³-hybridized carbons (Fsp3) is 0.206. The first-order valence-corrected chi connectivity index (χ1v) is 14.3. The average Bonchev–Trinajstić information content (AvgIpc) is 3.29. The van der Waals surface area contributed by atoms with Gasteiger partial charge in [0, 0.05) is 54.9 Å². The maximum Gasteiger partial charge on any atom is 0.339 e. The number of pyridine rings is 2. The van der Waals surface area contributed by atoms with Gasteiger partial charge in [-0.05, 0) is 60.7 Å². The Morgan fingerprint density at radius 2 is 1.66 bits per heavy atom. The van der Waals surface area contributed by atoms with E-state index in [0.717, 1.165) is 11.4 Å². The molecule has 0 saturated carbocycles. The molecular formula is C34H30N4O6. The summed E-state index contributed by atoms with van der Waals surface area (Å²) in [4.78, 5) is 24.4. The van der Waals surface area contributed by atoms with Crippen LogP contribution in [0.3, 0.4) is 0 Å². The quantitative estimate of drug-likeness (QED) is 0.172. The molecule has 0 amide bonds. The van der Waals surface area contributed by atoms with Crippen LogP contribution < -0.4 is 10.1 Å². The number of aliphatic hydroxyl groups excluding tert-OH is 2. The van der Waals surface area contributed by atoms with Crippen molar-refractivity contribution in [3.8, 4) is 11.5 Å². The zero-order valence-corrected chi connectivity index (χ0v) is 23.6. The number of fused-ring (bicyclic) bond motifs is 6. The maximum absolute atomic E-state index is 13.5. The summed E-state index contributed by atoms with van der Waals surface area (Å²) in [6, 6.07) is 21.5. The number of aliphatic hydroxyl groups is 2. The summed E-state index contributed by atoms with van der Waals surface area (Å²) < 4.78 is 12.3. The minimum absolute atomic E-state index is 0.00937. The summed E-state index contributed by atoms with van der Waals surface area (Å²) in [6.45, 7) is 1.27. The third-order valence-electron chi connectivity index (χ3n) is 8.14. The molecule has 7 rings (SSSR count). The zero-order valence-electron chi connectivity index (χ0n) is 23.6. The number of allylic oxidation sites excluding steroid dienone is 1. The Morgan fingerprint density at radius 3 is 2.36 bits per heavy atom. The van der Waals surface area contributed by atoms with Gasteiger partial charge >= 0.3 is 5.97 Å². The molecule has 4 N–H and O–H groups in total. The Kier molecular flexibility index (Phi) is 7.00. The molecule has 1 spiro atoms. The van der Waals surface area contributed by atoms with Crippen LogP contribution in [0.5, 0.6) is 11.5 Å². The first-order valence-electron chi connectivity index (χ1n) is 14.3. The normalized spacial score (nSPS) is 22.0. The molecule has 0 saturated heterocycles. The van der Waals surface area contributed by atoms with Crippen LogP contribution in [0.25, 0.3) is 0 Å². The lowest BCUT2D eigenvalue weighted by Crippen LogP contribution is -2.48. The van der Waals surface area contributed by atoms with Crippen LogP contribution in [0.1, 0.15) is 32.9 Å². The van der Waals surface area contributed by atoms with E-state index in [1.165, 1.54) is 12.1 Å². The van der Waals surface area contributed by atoms with E-state index in [9.17, 15) is 20.1 Å². The van der Waals surface area contributed by atoms with Crippen molar-refractivity contribution in [3.63, 3.8) is 0 Å². The van der Waals surface area contributed by atoms with Gasteiger partial charge in [0.1, 0.15) is 29.6 Å². The van der Waals surface area contributed by atoms with Gasteiger partial charge in [0.05, 0.1) is 22.9 Å². The van der Waals surface area contributed by atoms with Crippen molar-refractivity contribution in [1.29, 1.82) is 0 Å². The number of ether oxygens (including phenoxy) is 2. The second-order valence-corrected chi connectivity index (χ2v) is 11.1. The molecule has 2 aliphatic heterocycles. The van der Waals surface area contributed by atoms with E-state index in [0.29, 0.717) is 41.2 Å². The molecule has 10 heteroatoms. The highest BCUT2D eigenvalue weighted by Gasteiger charge is 2.58. The minimum Gasteiger partial charge on any atom is -0.508 e. The number of nitrogens with one attached hydrogen (secondary N) is 1. The molecule has 4 heterocycles. The highest BCUT2D eigenvalue weighted by Crippen LogP contribution is 2.56. The number of carbonyl (C=O) groups excluding carboxylic acids is 1. The largest absolute Gasteiger partial charge is 0.508 e. The lowest BCUT2D eigenvalue weighted by molar-refractivity contribution is -0.0424. The Hall–Kier alpha value is -5.19. The summed E-state index contributed by atoms with van der Waals surface area (Å²) in [7, 11) is 0. The molecule has 10 nitrogen and oxygen atoms in total. The Morgan fingerprint density at radius 1 is 0.932 bits per heavy atom. The number of nitrogens with zero attached hydrogens (tertiary/aromatic N) is 3. The topological polar surface area (TPSA) is 137 Å². The van der Waals surface area contributed by atoms with Gasteiger partial charge in [0.2, 0.25) is 0 Å². The minimum atomic E-state index is -1.23. The van der Waals surface area contributed by atoms with E-state index in [1.54, 1.807) is 48.8 Å². The second kappa shape index (κ2) is 11.1. The molecule has 4 unspecified atom stereocenters. The lowest BCUT2D eigenvalue weighted by Gasteiger charge is -2.44. The van der Waals surface area contributed by atoms with Crippen molar-refractivity contribution in [1.82, 2.24) is 14.9 Å². The van der Waals surface area contributed by atoms with E-state index >= 15 is 0 Å². The van der Waals surface area contributed by atoms with Crippen LogP contribution in [0.4, 0.5) is 5.69 Å². The van der Waals surface area contributed by atoms with E-state index in [1.807, 2.05) is 47.4 Å². The van der Waals surface area contributed by atoms with Gasteiger partial charge < -0.3 is 30.1 Å². The SMILES string of the molecule is O=C1OC2(c3ccc(O)cc3OC3C=C(O)C=CC32)c2ccc(NC(O)CN(Cc3ccccn3)Cc3ccccn3)cc21. The molecule has 1 aliphatic carbocycles. The van der Waals surface area contributed by atoms with Crippen LogP contribution in [-0.2, 0) is 23.4 Å². The molecule has 222 valence electrons. The fourth-order valence-electron chi connectivity index (χ4n) is 6.29. The Balaban J connectivity index is 1.16. The van der Waals surface area contributed by atoms with Gasteiger partial charge in [0.15, 0.2) is 5.60 Å². The van der Waals surface area contributed by atoms with Crippen molar-refractivity contribution in [2.45, 2.75) is 31.0 Å². The van der Waals surface area contributed by atoms with Crippen molar-refractivity contribution < 1.29 is 29.6 Å². The Bertz CT molecular complexity index is 1720. The average molecular weight is 591 g/mol. The summed E-state index contributed by atoms with van der Waals surface area (Å²) in [5, 5.41) is 34.6. The van der Waals surface area contributed by atoms with Crippen LogP contribution in [0.15, 0.2) is 109 Å². The molecule has 2 aromatic carbocycles. The predicted molar refractivity (Wildman–Crippen MR) is 161 cm³/mol. The first-order chi connectivity index (χ1) is 21.4. The van der Waals surface area contributed by atoms with Gasteiger partial charge in [-0.2, -0.15) is 0 Å². The van der Waals surface area contributed by atoms with Crippen molar-refractivity contribution in [3.05, 3.63) is 137 Å². The van der Waals surface area contributed by atoms with Crippen LogP contribution >= 0.6 is 0 Å². The van der Waals surface area contributed by atoms with E-state index in [2.05, 4.69) is 15.3 Å².